The second kappa shape index (κ2) is 10.8. The minimum Gasteiger partial charge on any atom is -0.309 e. The zero-order chi connectivity index (χ0) is 31.6. The molecule has 0 aliphatic heterocycles. The van der Waals surface area contributed by atoms with Gasteiger partial charge in [-0.15, -0.1) is 11.3 Å². The molecular weight excluding hydrogens is 599 g/mol. The van der Waals surface area contributed by atoms with Gasteiger partial charge >= 0.3 is 0 Å². The van der Waals surface area contributed by atoms with E-state index in [1.54, 1.807) is 0 Å². The summed E-state index contributed by atoms with van der Waals surface area (Å²) in [6.45, 7) is 0. The van der Waals surface area contributed by atoms with Crippen LogP contribution in [0.25, 0.3) is 91.8 Å². The fourth-order valence-electron chi connectivity index (χ4n) is 7.58. The summed E-state index contributed by atoms with van der Waals surface area (Å²) < 4.78 is 5.18. The van der Waals surface area contributed by atoms with Gasteiger partial charge in [0.1, 0.15) is 0 Å². The highest BCUT2D eigenvalue weighted by molar-refractivity contribution is 7.27. The van der Waals surface area contributed by atoms with Crippen molar-refractivity contribution < 1.29 is 0 Å². The van der Waals surface area contributed by atoms with Crippen molar-refractivity contribution in [1.82, 2.24) is 4.57 Å². The molecule has 224 valence electrons. The van der Waals surface area contributed by atoms with Crippen molar-refractivity contribution in [3.8, 4) is 39.1 Å². The second-order valence-corrected chi connectivity index (χ2v) is 13.6. The quantitative estimate of drug-likeness (QED) is 0.183. The summed E-state index contributed by atoms with van der Waals surface area (Å²) in [6, 6.07) is 64.2. The summed E-state index contributed by atoms with van der Waals surface area (Å²) in [5, 5.41) is 7.93. The Morgan fingerprint density at radius 1 is 0.354 bits per heavy atom. The van der Waals surface area contributed by atoms with Gasteiger partial charge in [-0.3, -0.25) is 0 Å². The van der Waals surface area contributed by atoms with Crippen LogP contribution in [-0.2, 0) is 0 Å². The summed E-state index contributed by atoms with van der Waals surface area (Å²) in [4.78, 5) is 0. The van der Waals surface area contributed by atoms with Crippen molar-refractivity contribution in [2.45, 2.75) is 0 Å². The number of rotatable bonds is 4. The lowest BCUT2D eigenvalue weighted by Gasteiger charge is -2.13. The zero-order valence-electron chi connectivity index (χ0n) is 26.1. The van der Waals surface area contributed by atoms with Crippen LogP contribution in [0.1, 0.15) is 0 Å². The smallest absolute Gasteiger partial charge is 0.0634 e. The van der Waals surface area contributed by atoms with Crippen molar-refractivity contribution in [2.75, 3.05) is 0 Å². The number of benzene rings is 8. The van der Waals surface area contributed by atoms with E-state index in [2.05, 4.69) is 180 Å². The first-order valence-electron chi connectivity index (χ1n) is 16.4. The van der Waals surface area contributed by atoms with Crippen LogP contribution in [0.15, 0.2) is 176 Å². The molecule has 0 amide bonds. The zero-order valence-corrected chi connectivity index (χ0v) is 26.9. The molecule has 10 rings (SSSR count). The van der Waals surface area contributed by atoms with Gasteiger partial charge in [-0.05, 0) is 81.2 Å². The molecule has 2 heteroatoms. The lowest BCUT2D eigenvalue weighted by molar-refractivity contribution is 1.19. The predicted molar refractivity (Wildman–Crippen MR) is 207 cm³/mol. The maximum Gasteiger partial charge on any atom is 0.0634 e. The van der Waals surface area contributed by atoms with Gasteiger partial charge in [-0.2, -0.15) is 0 Å². The number of hydrogen-bond acceptors (Lipinski definition) is 1. The predicted octanol–water partition coefficient (Wildman–Crippen LogP) is 13.3. The Labute approximate surface area is 282 Å². The van der Waals surface area contributed by atoms with Crippen LogP contribution in [0.3, 0.4) is 0 Å². The molecule has 0 radical (unpaired) electrons. The van der Waals surface area contributed by atoms with E-state index in [4.69, 9.17) is 0 Å². The van der Waals surface area contributed by atoms with E-state index in [1.165, 1.54) is 86.1 Å². The summed E-state index contributed by atoms with van der Waals surface area (Å²) in [7, 11) is 0. The van der Waals surface area contributed by atoms with Crippen LogP contribution in [0.2, 0.25) is 0 Å². The molecule has 2 aromatic heterocycles. The Hall–Kier alpha value is -5.96. The van der Waals surface area contributed by atoms with Gasteiger partial charge < -0.3 is 4.57 Å². The maximum absolute atomic E-state index is 2.48. The summed E-state index contributed by atoms with van der Waals surface area (Å²) in [5.74, 6) is 0. The third kappa shape index (κ3) is 4.17. The van der Waals surface area contributed by atoms with Crippen LogP contribution in [0.5, 0.6) is 0 Å². The average molecular weight is 628 g/mol. The van der Waals surface area contributed by atoms with Crippen LogP contribution in [0.4, 0.5) is 0 Å². The lowest BCUT2D eigenvalue weighted by Crippen LogP contribution is -1.95. The van der Waals surface area contributed by atoms with Crippen LogP contribution < -0.4 is 0 Å². The van der Waals surface area contributed by atoms with Gasteiger partial charge in [0.15, 0.2) is 0 Å². The number of nitrogens with zero attached hydrogens (tertiary/aromatic N) is 1. The van der Waals surface area contributed by atoms with E-state index in [0.717, 1.165) is 5.69 Å². The van der Waals surface area contributed by atoms with Crippen molar-refractivity contribution >= 4 is 64.1 Å². The van der Waals surface area contributed by atoms with Gasteiger partial charge in [0, 0.05) is 42.0 Å². The first kappa shape index (κ1) is 27.2. The Bertz CT molecular complexity index is 2750. The Morgan fingerprint density at radius 3 is 1.50 bits per heavy atom. The highest BCUT2D eigenvalue weighted by Crippen LogP contribution is 2.48. The number of hydrogen-bond donors (Lipinski definition) is 0. The minimum atomic E-state index is 1.16. The highest BCUT2D eigenvalue weighted by atomic mass is 32.1. The molecule has 2 heterocycles. The topological polar surface area (TPSA) is 4.93 Å². The molecule has 0 bridgehead atoms. The first-order chi connectivity index (χ1) is 23.8. The van der Waals surface area contributed by atoms with E-state index < -0.39 is 0 Å². The second-order valence-electron chi connectivity index (χ2n) is 12.5. The molecular formula is C46H29NS. The van der Waals surface area contributed by atoms with Crippen LogP contribution in [0, 0.1) is 0 Å². The Morgan fingerprint density at radius 2 is 0.854 bits per heavy atom. The molecule has 0 fully saturated rings. The van der Waals surface area contributed by atoms with Crippen LogP contribution >= 0.6 is 11.3 Å². The standard InChI is InChI=1S/C46H29NS/c1-3-13-30(14-4-1)33-27-34(31-15-5-2-6-16-31)29-35(28-33)32-23-25-36(26-24-32)47-41-21-11-9-19-39(41)44-45(47)38-18-8-7-17-37(38)43-40-20-10-12-22-42(40)48-46(43)44/h1-29H. The third-order valence-corrected chi connectivity index (χ3v) is 10.9. The lowest BCUT2D eigenvalue weighted by atomic mass is 9.93. The highest BCUT2D eigenvalue weighted by Gasteiger charge is 2.21. The third-order valence-electron chi connectivity index (χ3n) is 9.75. The monoisotopic (exact) mass is 627 g/mol. The largest absolute Gasteiger partial charge is 0.309 e. The van der Waals surface area contributed by atoms with Gasteiger partial charge in [-0.1, -0.05) is 133 Å². The molecule has 8 aromatic carbocycles. The fraction of sp³-hybridized carbons (Fsp3) is 0. The van der Waals surface area contributed by atoms with E-state index in [1.807, 2.05) is 11.3 Å². The molecule has 0 saturated heterocycles. The maximum atomic E-state index is 2.48. The van der Waals surface area contributed by atoms with E-state index in [-0.39, 0.29) is 0 Å². The molecule has 10 aromatic rings. The molecule has 1 nitrogen and oxygen atoms in total. The first-order valence-corrected chi connectivity index (χ1v) is 17.3. The van der Waals surface area contributed by atoms with Crippen molar-refractivity contribution in [2.24, 2.45) is 0 Å². The fourth-order valence-corrected chi connectivity index (χ4v) is 8.86. The van der Waals surface area contributed by atoms with Gasteiger partial charge in [0.25, 0.3) is 0 Å². The summed E-state index contributed by atoms with van der Waals surface area (Å²) in [5.41, 5.74) is 11.0. The number of thiophene rings is 1. The molecule has 0 atom stereocenters. The number of fused-ring (bicyclic) bond motifs is 10. The van der Waals surface area contributed by atoms with Gasteiger partial charge in [0.2, 0.25) is 0 Å². The number of aromatic nitrogens is 1. The van der Waals surface area contributed by atoms with Crippen molar-refractivity contribution in [3.63, 3.8) is 0 Å². The summed E-state index contributed by atoms with van der Waals surface area (Å²) in [6.07, 6.45) is 0. The van der Waals surface area contributed by atoms with Crippen LogP contribution in [-0.4, -0.2) is 4.57 Å². The minimum absolute atomic E-state index is 1.16. The normalized spacial score (nSPS) is 11.8. The van der Waals surface area contributed by atoms with Gasteiger partial charge in [-0.25, -0.2) is 0 Å². The molecule has 0 unspecified atom stereocenters. The molecule has 0 aliphatic carbocycles. The molecule has 0 N–H and O–H groups in total. The SMILES string of the molecule is c1ccc(-c2cc(-c3ccccc3)cc(-c3ccc(-n4c5ccccc5c5c6sc7ccccc7c6c6ccccc6c54)cc3)c2)cc1. The Balaban J connectivity index is 1.21. The van der Waals surface area contributed by atoms with E-state index >= 15 is 0 Å². The van der Waals surface area contributed by atoms with E-state index in [9.17, 15) is 0 Å². The molecule has 0 spiro atoms. The Kier molecular flexibility index (Phi) is 6.12. The molecule has 0 saturated carbocycles. The summed E-state index contributed by atoms with van der Waals surface area (Å²) >= 11 is 1.91. The molecule has 0 aliphatic rings. The van der Waals surface area contributed by atoms with Gasteiger partial charge in [0.05, 0.1) is 11.0 Å². The van der Waals surface area contributed by atoms with Crippen molar-refractivity contribution in [3.05, 3.63) is 176 Å². The molecule has 48 heavy (non-hydrogen) atoms. The van der Waals surface area contributed by atoms with E-state index in [0.29, 0.717) is 0 Å². The van der Waals surface area contributed by atoms with Crippen molar-refractivity contribution in [1.29, 1.82) is 0 Å². The average Bonchev–Trinajstić information content (AvgIpc) is 3.72. The number of para-hydroxylation sites is 1.